The molecule has 1 N–H and O–H groups in total. The molecule has 0 bridgehead atoms. The van der Waals surface area contributed by atoms with Gasteiger partial charge in [-0.2, -0.15) is 10.2 Å². The predicted octanol–water partition coefficient (Wildman–Crippen LogP) is 2.42. The first-order valence-electron chi connectivity index (χ1n) is 6.54. The van der Waals surface area contributed by atoms with Crippen LogP contribution in [0.15, 0.2) is 49.2 Å². The fourth-order valence-corrected chi connectivity index (χ4v) is 2.29. The van der Waals surface area contributed by atoms with Gasteiger partial charge in [0.15, 0.2) is 0 Å². The summed E-state index contributed by atoms with van der Waals surface area (Å²) in [5.74, 6) is 0. The minimum Gasteiger partial charge on any atom is -0.285 e. The van der Waals surface area contributed by atoms with Gasteiger partial charge >= 0.3 is 0 Å². The molecular formula is C15H12N6. The van der Waals surface area contributed by atoms with Crippen molar-refractivity contribution in [2.24, 2.45) is 7.05 Å². The van der Waals surface area contributed by atoms with E-state index in [0.29, 0.717) is 0 Å². The average molecular weight is 276 g/mol. The third-order valence-corrected chi connectivity index (χ3v) is 3.37. The van der Waals surface area contributed by atoms with Crippen molar-refractivity contribution in [3.8, 4) is 22.4 Å². The van der Waals surface area contributed by atoms with Crippen molar-refractivity contribution in [3.63, 3.8) is 0 Å². The van der Waals surface area contributed by atoms with Gasteiger partial charge in [0.25, 0.3) is 0 Å². The minimum absolute atomic E-state index is 0.819. The summed E-state index contributed by atoms with van der Waals surface area (Å²) in [5.41, 5.74) is 5.60. The van der Waals surface area contributed by atoms with Crippen LogP contribution in [-0.2, 0) is 7.05 Å². The Kier molecular flexibility index (Phi) is 2.53. The number of hydrogen-bond donors (Lipinski definition) is 1. The Morgan fingerprint density at radius 2 is 1.95 bits per heavy atom. The highest BCUT2D eigenvalue weighted by atomic mass is 15.2. The number of aromatic amines is 1. The smallest absolute Gasteiger partial charge is 0.0924 e. The number of aromatic nitrogens is 6. The quantitative estimate of drug-likeness (QED) is 0.610. The maximum Gasteiger partial charge on any atom is 0.0924 e. The third kappa shape index (κ3) is 2.06. The number of rotatable bonds is 2. The fraction of sp³-hybridized carbons (Fsp3) is 0.0667. The third-order valence-electron chi connectivity index (χ3n) is 3.37. The van der Waals surface area contributed by atoms with Gasteiger partial charge in [-0.15, -0.1) is 0 Å². The van der Waals surface area contributed by atoms with Crippen LogP contribution in [0.3, 0.4) is 0 Å². The fourth-order valence-electron chi connectivity index (χ4n) is 2.29. The molecule has 0 spiro atoms. The standard InChI is InChI=1S/C15H12N6/c1-21-9-12(7-19-21)15-8-16-13-3-2-10(4-14(13)20-15)11-5-17-18-6-11/h2-9H,1H3,(H,17,18). The van der Waals surface area contributed by atoms with Crippen LogP contribution in [0.2, 0.25) is 0 Å². The Hall–Kier alpha value is -3.02. The van der Waals surface area contributed by atoms with Crippen LogP contribution < -0.4 is 0 Å². The van der Waals surface area contributed by atoms with Crippen molar-refractivity contribution < 1.29 is 0 Å². The number of benzene rings is 1. The van der Waals surface area contributed by atoms with E-state index < -0.39 is 0 Å². The molecule has 1 aromatic carbocycles. The molecule has 0 aliphatic heterocycles. The molecule has 3 heterocycles. The molecule has 3 aromatic heterocycles. The van der Waals surface area contributed by atoms with E-state index in [1.165, 1.54) is 0 Å². The molecule has 6 nitrogen and oxygen atoms in total. The van der Waals surface area contributed by atoms with Crippen molar-refractivity contribution in [1.29, 1.82) is 0 Å². The highest BCUT2D eigenvalue weighted by Gasteiger charge is 2.06. The van der Waals surface area contributed by atoms with Gasteiger partial charge in [0.2, 0.25) is 0 Å². The van der Waals surface area contributed by atoms with E-state index in [2.05, 4.69) is 25.3 Å². The molecule has 0 atom stereocenters. The summed E-state index contributed by atoms with van der Waals surface area (Å²) in [6.45, 7) is 0. The van der Waals surface area contributed by atoms with Crippen molar-refractivity contribution in [1.82, 2.24) is 29.9 Å². The molecule has 0 unspecified atom stereocenters. The molecule has 0 fully saturated rings. The summed E-state index contributed by atoms with van der Waals surface area (Å²) in [6.07, 6.45) is 9.14. The first kappa shape index (κ1) is 11.8. The molecule has 0 aliphatic rings. The van der Waals surface area contributed by atoms with Crippen molar-refractivity contribution in [2.45, 2.75) is 0 Å². The SMILES string of the molecule is Cn1cc(-c2cnc3ccc(-c4cn[nH]c4)cc3n2)cn1. The van der Waals surface area contributed by atoms with Crippen molar-refractivity contribution in [2.75, 3.05) is 0 Å². The lowest BCUT2D eigenvalue weighted by Gasteiger charge is -2.02. The summed E-state index contributed by atoms with van der Waals surface area (Å²) in [7, 11) is 1.88. The van der Waals surface area contributed by atoms with Gasteiger partial charge in [-0.25, -0.2) is 4.98 Å². The summed E-state index contributed by atoms with van der Waals surface area (Å²) in [6, 6.07) is 6.01. The number of nitrogens with one attached hydrogen (secondary N) is 1. The molecule has 0 amide bonds. The molecule has 0 radical (unpaired) electrons. The van der Waals surface area contributed by atoms with Crippen LogP contribution in [0, 0.1) is 0 Å². The van der Waals surface area contributed by atoms with Crippen LogP contribution in [0.25, 0.3) is 33.4 Å². The van der Waals surface area contributed by atoms with Gasteiger partial charge in [0.1, 0.15) is 0 Å². The van der Waals surface area contributed by atoms with E-state index in [0.717, 1.165) is 33.4 Å². The predicted molar refractivity (Wildman–Crippen MR) is 79.3 cm³/mol. The zero-order valence-electron chi connectivity index (χ0n) is 11.4. The van der Waals surface area contributed by atoms with Gasteiger partial charge in [-0.05, 0) is 17.7 Å². The second-order valence-corrected chi connectivity index (χ2v) is 4.85. The first-order chi connectivity index (χ1) is 10.3. The summed E-state index contributed by atoms with van der Waals surface area (Å²) < 4.78 is 1.75. The average Bonchev–Trinajstić information content (AvgIpc) is 3.17. The molecule has 0 saturated heterocycles. The molecule has 21 heavy (non-hydrogen) atoms. The van der Waals surface area contributed by atoms with E-state index >= 15 is 0 Å². The van der Waals surface area contributed by atoms with Gasteiger partial charge in [0, 0.05) is 30.6 Å². The van der Waals surface area contributed by atoms with E-state index in [1.807, 2.05) is 37.6 Å². The maximum atomic E-state index is 4.68. The molecule has 102 valence electrons. The molecule has 4 aromatic rings. The van der Waals surface area contributed by atoms with Crippen LogP contribution in [-0.4, -0.2) is 29.9 Å². The normalized spacial score (nSPS) is 11.1. The van der Waals surface area contributed by atoms with Gasteiger partial charge in [-0.1, -0.05) is 6.07 Å². The van der Waals surface area contributed by atoms with Crippen LogP contribution in [0.4, 0.5) is 0 Å². The Balaban J connectivity index is 1.86. The summed E-state index contributed by atoms with van der Waals surface area (Å²) >= 11 is 0. The second kappa shape index (κ2) is 4.52. The summed E-state index contributed by atoms with van der Waals surface area (Å²) in [5, 5.41) is 11.0. The minimum atomic E-state index is 0.819. The molecule has 0 saturated carbocycles. The van der Waals surface area contributed by atoms with Crippen molar-refractivity contribution >= 4 is 11.0 Å². The zero-order chi connectivity index (χ0) is 14.2. The van der Waals surface area contributed by atoms with E-state index in [4.69, 9.17) is 0 Å². The highest BCUT2D eigenvalue weighted by Crippen LogP contribution is 2.23. The second-order valence-electron chi connectivity index (χ2n) is 4.85. The number of nitrogens with zero attached hydrogens (tertiary/aromatic N) is 5. The molecule has 0 aliphatic carbocycles. The van der Waals surface area contributed by atoms with Crippen LogP contribution in [0.5, 0.6) is 0 Å². The highest BCUT2D eigenvalue weighted by molar-refractivity contribution is 5.82. The number of hydrogen-bond acceptors (Lipinski definition) is 4. The topological polar surface area (TPSA) is 72.3 Å². The van der Waals surface area contributed by atoms with Gasteiger partial charge < -0.3 is 0 Å². The Bertz CT molecular complexity index is 907. The molecule has 6 heteroatoms. The number of fused-ring (bicyclic) bond motifs is 1. The largest absolute Gasteiger partial charge is 0.285 e. The molecular weight excluding hydrogens is 264 g/mol. The maximum absolute atomic E-state index is 4.68. The lowest BCUT2D eigenvalue weighted by Crippen LogP contribution is -1.89. The van der Waals surface area contributed by atoms with E-state index in [1.54, 1.807) is 23.3 Å². The zero-order valence-corrected chi connectivity index (χ0v) is 11.4. The lowest BCUT2D eigenvalue weighted by atomic mass is 10.1. The van der Waals surface area contributed by atoms with E-state index in [-0.39, 0.29) is 0 Å². The van der Waals surface area contributed by atoms with Crippen LogP contribution >= 0.6 is 0 Å². The van der Waals surface area contributed by atoms with Gasteiger partial charge in [0.05, 0.1) is 35.3 Å². The Morgan fingerprint density at radius 1 is 1.00 bits per heavy atom. The molecule has 4 rings (SSSR count). The Morgan fingerprint density at radius 3 is 2.71 bits per heavy atom. The van der Waals surface area contributed by atoms with E-state index in [9.17, 15) is 0 Å². The first-order valence-corrected chi connectivity index (χ1v) is 6.54. The summed E-state index contributed by atoms with van der Waals surface area (Å²) in [4.78, 5) is 9.15. The monoisotopic (exact) mass is 276 g/mol. The lowest BCUT2D eigenvalue weighted by molar-refractivity contribution is 0.768. The number of aryl methyl sites for hydroxylation is 1. The Labute approximate surface area is 120 Å². The van der Waals surface area contributed by atoms with Crippen LogP contribution in [0.1, 0.15) is 0 Å². The number of H-pyrrole nitrogens is 1. The van der Waals surface area contributed by atoms with Crippen molar-refractivity contribution in [3.05, 3.63) is 49.2 Å². The van der Waals surface area contributed by atoms with Gasteiger partial charge in [-0.3, -0.25) is 14.8 Å².